The van der Waals surface area contributed by atoms with Crippen molar-refractivity contribution in [1.29, 1.82) is 0 Å². The highest BCUT2D eigenvalue weighted by Crippen LogP contribution is 2.44. The molecule has 2 atom stereocenters. The van der Waals surface area contributed by atoms with E-state index in [1.54, 1.807) is 0 Å². The van der Waals surface area contributed by atoms with Crippen LogP contribution in [-0.4, -0.2) is 29.0 Å². The molecule has 0 aromatic heterocycles. The van der Waals surface area contributed by atoms with Crippen molar-refractivity contribution >= 4 is 5.91 Å². The fraction of sp³-hybridized carbons (Fsp3) is 0.435. The molecule has 3 heteroatoms. The molecule has 2 aliphatic rings. The lowest BCUT2D eigenvalue weighted by Gasteiger charge is -2.42. The van der Waals surface area contributed by atoms with Crippen LogP contribution in [0.5, 0.6) is 0 Å². The molecule has 2 unspecified atom stereocenters. The molecule has 3 nitrogen and oxygen atoms in total. The van der Waals surface area contributed by atoms with Crippen molar-refractivity contribution in [1.82, 2.24) is 4.90 Å². The fourth-order valence-electron chi connectivity index (χ4n) is 4.44. The van der Waals surface area contributed by atoms with Gasteiger partial charge in [0.15, 0.2) is 0 Å². The average molecular weight is 349 g/mol. The molecule has 136 valence electrons. The molecule has 2 aromatic rings. The van der Waals surface area contributed by atoms with Crippen LogP contribution in [-0.2, 0) is 10.4 Å². The second-order valence-corrected chi connectivity index (χ2v) is 7.92. The molecule has 0 spiro atoms. The third-order valence-corrected chi connectivity index (χ3v) is 6.25. The number of benzene rings is 2. The zero-order valence-electron chi connectivity index (χ0n) is 15.3. The zero-order chi connectivity index (χ0) is 18.1. The lowest BCUT2D eigenvalue weighted by Crippen LogP contribution is -2.46. The Bertz CT molecular complexity index is 711. The number of piperidine rings is 1. The molecule has 1 N–H and O–H groups in total. The standard InChI is InChI=1S/C23H27NO2/c1-17-16-21(17)22(25)24-14-12-20(13-15-24)23(26,18-8-4-2-5-9-18)19-10-6-3-7-11-19/h2-11,17,20-21,26H,12-16H2,1H3. The van der Waals surface area contributed by atoms with Crippen molar-refractivity contribution in [3.8, 4) is 0 Å². The van der Waals surface area contributed by atoms with Crippen molar-refractivity contribution in [3.63, 3.8) is 0 Å². The highest BCUT2D eigenvalue weighted by molar-refractivity contribution is 5.81. The first-order valence-corrected chi connectivity index (χ1v) is 9.73. The Morgan fingerprint density at radius 2 is 1.42 bits per heavy atom. The van der Waals surface area contributed by atoms with Crippen molar-refractivity contribution < 1.29 is 9.90 Å². The molecule has 1 heterocycles. The number of likely N-dealkylation sites (tertiary alicyclic amines) is 1. The summed E-state index contributed by atoms with van der Waals surface area (Å²) in [6.45, 7) is 3.64. The molecule has 1 amide bonds. The number of amides is 1. The maximum Gasteiger partial charge on any atom is 0.225 e. The lowest BCUT2D eigenvalue weighted by molar-refractivity contribution is -0.135. The van der Waals surface area contributed by atoms with E-state index in [0.29, 0.717) is 11.8 Å². The summed E-state index contributed by atoms with van der Waals surface area (Å²) in [7, 11) is 0. The Hall–Kier alpha value is -2.13. The smallest absolute Gasteiger partial charge is 0.225 e. The number of carbonyl (C=O) groups is 1. The first-order chi connectivity index (χ1) is 12.6. The van der Waals surface area contributed by atoms with Gasteiger partial charge in [-0.2, -0.15) is 0 Å². The minimum Gasteiger partial charge on any atom is -0.380 e. The molecule has 1 saturated heterocycles. The number of nitrogens with zero attached hydrogens (tertiary/aromatic N) is 1. The van der Waals surface area contributed by atoms with Crippen LogP contribution < -0.4 is 0 Å². The summed E-state index contributed by atoms with van der Waals surface area (Å²) in [5.41, 5.74) is 0.864. The summed E-state index contributed by atoms with van der Waals surface area (Å²) >= 11 is 0. The number of hydrogen-bond donors (Lipinski definition) is 1. The van der Waals surface area contributed by atoms with E-state index in [0.717, 1.165) is 43.5 Å². The Morgan fingerprint density at radius 3 is 1.85 bits per heavy atom. The van der Waals surface area contributed by atoms with Crippen LogP contribution in [0.2, 0.25) is 0 Å². The Balaban J connectivity index is 1.57. The van der Waals surface area contributed by atoms with Crippen molar-refractivity contribution in [2.24, 2.45) is 17.8 Å². The number of rotatable bonds is 4. The van der Waals surface area contributed by atoms with E-state index in [2.05, 4.69) is 6.92 Å². The van der Waals surface area contributed by atoms with Crippen molar-refractivity contribution in [2.45, 2.75) is 31.8 Å². The van der Waals surface area contributed by atoms with Gasteiger partial charge in [0.05, 0.1) is 0 Å². The van der Waals surface area contributed by atoms with E-state index < -0.39 is 5.60 Å². The van der Waals surface area contributed by atoms with E-state index in [4.69, 9.17) is 0 Å². The lowest BCUT2D eigenvalue weighted by atomic mass is 9.72. The van der Waals surface area contributed by atoms with Gasteiger partial charge in [-0.15, -0.1) is 0 Å². The average Bonchev–Trinajstić information content (AvgIpc) is 3.45. The monoisotopic (exact) mass is 349 g/mol. The summed E-state index contributed by atoms with van der Waals surface area (Å²) in [6, 6.07) is 19.9. The van der Waals surface area contributed by atoms with Crippen LogP contribution in [0.1, 0.15) is 37.3 Å². The van der Waals surface area contributed by atoms with Crippen molar-refractivity contribution in [2.75, 3.05) is 13.1 Å². The van der Waals surface area contributed by atoms with E-state index >= 15 is 0 Å². The van der Waals surface area contributed by atoms with Gasteiger partial charge in [-0.05, 0) is 42.2 Å². The van der Waals surface area contributed by atoms with Crippen molar-refractivity contribution in [3.05, 3.63) is 71.8 Å². The van der Waals surface area contributed by atoms with Crippen LogP contribution in [0, 0.1) is 17.8 Å². The highest BCUT2D eigenvalue weighted by Gasteiger charge is 2.45. The van der Waals surface area contributed by atoms with Gasteiger partial charge >= 0.3 is 0 Å². The number of hydrogen-bond acceptors (Lipinski definition) is 2. The molecule has 2 aromatic carbocycles. The highest BCUT2D eigenvalue weighted by atomic mass is 16.3. The summed E-state index contributed by atoms with van der Waals surface area (Å²) in [5, 5.41) is 11.9. The molecule has 0 radical (unpaired) electrons. The summed E-state index contributed by atoms with van der Waals surface area (Å²) in [6.07, 6.45) is 2.69. The normalized spacial score (nSPS) is 23.7. The van der Waals surface area contributed by atoms with Crippen LogP contribution in [0.15, 0.2) is 60.7 Å². The maximum absolute atomic E-state index is 12.5. The first kappa shape index (κ1) is 17.3. The van der Waals surface area contributed by atoms with Gasteiger partial charge in [-0.1, -0.05) is 67.6 Å². The number of carbonyl (C=O) groups excluding carboxylic acids is 1. The zero-order valence-corrected chi connectivity index (χ0v) is 15.3. The quantitative estimate of drug-likeness (QED) is 0.912. The van der Waals surface area contributed by atoms with Crippen LogP contribution >= 0.6 is 0 Å². The van der Waals surface area contributed by atoms with E-state index in [1.807, 2.05) is 65.6 Å². The van der Waals surface area contributed by atoms with Crippen LogP contribution in [0.25, 0.3) is 0 Å². The molecule has 26 heavy (non-hydrogen) atoms. The molecular formula is C23H27NO2. The second-order valence-electron chi connectivity index (χ2n) is 7.92. The molecular weight excluding hydrogens is 322 g/mol. The van der Waals surface area contributed by atoms with Gasteiger partial charge in [-0.25, -0.2) is 0 Å². The minimum atomic E-state index is -1.01. The molecule has 1 aliphatic carbocycles. The third-order valence-electron chi connectivity index (χ3n) is 6.25. The van der Waals surface area contributed by atoms with E-state index in [9.17, 15) is 9.90 Å². The van der Waals surface area contributed by atoms with Crippen LogP contribution in [0.4, 0.5) is 0 Å². The first-order valence-electron chi connectivity index (χ1n) is 9.73. The number of aliphatic hydroxyl groups is 1. The second kappa shape index (κ2) is 6.88. The maximum atomic E-state index is 12.5. The summed E-state index contributed by atoms with van der Waals surface area (Å²) < 4.78 is 0. The van der Waals surface area contributed by atoms with Gasteiger partial charge in [0.1, 0.15) is 5.60 Å². The van der Waals surface area contributed by atoms with Gasteiger partial charge in [0.2, 0.25) is 5.91 Å². The molecule has 1 aliphatic heterocycles. The van der Waals surface area contributed by atoms with E-state index in [-0.39, 0.29) is 11.8 Å². The Morgan fingerprint density at radius 1 is 0.962 bits per heavy atom. The van der Waals surface area contributed by atoms with Crippen LogP contribution in [0.3, 0.4) is 0 Å². The topological polar surface area (TPSA) is 40.5 Å². The third kappa shape index (κ3) is 3.05. The molecule has 1 saturated carbocycles. The fourth-order valence-corrected chi connectivity index (χ4v) is 4.44. The van der Waals surface area contributed by atoms with Gasteiger partial charge < -0.3 is 10.0 Å². The van der Waals surface area contributed by atoms with Gasteiger partial charge in [-0.3, -0.25) is 4.79 Å². The SMILES string of the molecule is CC1CC1C(=O)N1CCC(C(O)(c2ccccc2)c2ccccc2)CC1. The summed E-state index contributed by atoms with van der Waals surface area (Å²) in [5.74, 6) is 1.21. The predicted molar refractivity (Wildman–Crippen MR) is 102 cm³/mol. The molecule has 0 bridgehead atoms. The predicted octanol–water partition coefficient (Wildman–Crippen LogP) is 3.82. The Labute approximate surface area is 155 Å². The Kier molecular flexibility index (Phi) is 4.58. The molecule has 2 fully saturated rings. The largest absolute Gasteiger partial charge is 0.380 e. The van der Waals surface area contributed by atoms with Gasteiger partial charge in [0, 0.05) is 19.0 Å². The molecule has 4 rings (SSSR count). The van der Waals surface area contributed by atoms with E-state index in [1.165, 1.54) is 0 Å². The van der Waals surface area contributed by atoms with Gasteiger partial charge in [0.25, 0.3) is 0 Å². The summed E-state index contributed by atoms with van der Waals surface area (Å²) in [4.78, 5) is 14.5. The minimum absolute atomic E-state index is 0.105.